The summed E-state index contributed by atoms with van der Waals surface area (Å²) in [6, 6.07) is 10.5. The first kappa shape index (κ1) is 19.5. The number of pyridine rings is 1. The fourth-order valence-electron chi connectivity index (χ4n) is 2.45. The van der Waals surface area contributed by atoms with Crippen LogP contribution in [-0.4, -0.2) is 27.9 Å². The van der Waals surface area contributed by atoms with Crippen molar-refractivity contribution in [1.82, 2.24) is 15.3 Å². The molecule has 0 unspecified atom stereocenters. The number of hydrogen-bond acceptors (Lipinski definition) is 5. The zero-order valence-corrected chi connectivity index (χ0v) is 16.4. The number of nitrogens with one attached hydrogen (secondary N) is 3. The number of thiazole rings is 1. The Hall–Kier alpha value is -3.26. The van der Waals surface area contributed by atoms with Gasteiger partial charge in [-0.25, -0.2) is 9.78 Å². The highest BCUT2D eigenvalue weighted by Crippen LogP contribution is 2.23. The van der Waals surface area contributed by atoms with Crippen LogP contribution in [0.2, 0.25) is 0 Å². The topological polar surface area (TPSA) is 96.0 Å². The lowest BCUT2D eigenvalue weighted by Gasteiger charge is -2.10. The van der Waals surface area contributed by atoms with Crippen LogP contribution in [0.3, 0.4) is 0 Å². The average molecular weight is 395 g/mol. The average Bonchev–Trinajstić information content (AvgIpc) is 3.12. The van der Waals surface area contributed by atoms with Crippen LogP contribution in [0.25, 0.3) is 10.6 Å². The van der Waals surface area contributed by atoms with Crippen LogP contribution in [0.4, 0.5) is 16.2 Å². The second-order valence-electron chi connectivity index (χ2n) is 6.44. The quantitative estimate of drug-likeness (QED) is 0.589. The predicted octanol–water partition coefficient (Wildman–Crippen LogP) is 3.92. The summed E-state index contributed by atoms with van der Waals surface area (Å²) in [4.78, 5) is 32.5. The highest BCUT2D eigenvalue weighted by Gasteiger charge is 2.10. The van der Waals surface area contributed by atoms with Gasteiger partial charge in [0.1, 0.15) is 5.01 Å². The Labute approximate surface area is 167 Å². The van der Waals surface area contributed by atoms with E-state index in [0.717, 1.165) is 10.6 Å². The number of anilines is 2. The van der Waals surface area contributed by atoms with Crippen LogP contribution in [0.5, 0.6) is 0 Å². The molecule has 28 heavy (non-hydrogen) atoms. The maximum Gasteiger partial charge on any atom is 0.319 e. The number of aromatic nitrogens is 2. The van der Waals surface area contributed by atoms with Crippen molar-refractivity contribution in [3.63, 3.8) is 0 Å². The van der Waals surface area contributed by atoms with Crippen LogP contribution in [0.1, 0.15) is 19.5 Å². The van der Waals surface area contributed by atoms with Gasteiger partial charge in [-0.3, -0.25) is 9.78 Å². The van der Waals surface area contributed by atoms with Crippen molar-refractivity contribution in [3.8, 4) is 10.6 Å². The second kappa shape index (κ2) is 9.09. The van der Waals surface area contributed by atoms with Crippen LogP contribution >= 0.6 is 11.3 Å². The zero-order chi connectivity index (χ0) is 19.9. The Morgan fingerprint density at radius 2 is 1.79 bits per heavy atom. The fourth-order valence-corrected chi connectivity index (χ4v) is 3.26. The summed E-state index contributed by atoms with van der Waals surface area (Å²) in [6.07, 6.45) is 3.65. The predicted molar refractivity (Wildman–Crippen MR) is 111 cm³/mol. The highest BCUT2D eigenvalue weighted by molar-refractivity contribution is 7.13. The summed E-state index contributed by atoms with van der Waals surface area (Å²) in [6.45, 7) is 3.78. The van der Waals surface area contributed by atoms with Crippen LogP contribution in [0.15, 0.2) is 54.2 Å². The zero-order valence-electron chi connectivity index (χ0n) is 15.6. The maximum atomic E-state index is 12.3. The van der Waals surface area contributed by atoms with E-state index < -0.39 is 0 Å². The number of urea groups is 1. The molecule has 0 aliphatic heterocycles. The summed E-state index contributed by atoms with van der Waals surface area (Å²) >= 11 is 1.49. The van der Waals surface area contributed by atoms with Crippen LogP contribution in [0, 0.1) is 0 Å². The lowest BCUT2D eigenvalue weighted by Crippen LogP contribution is -2.34. The summed E-state index contributed by atoms with van der Waals surface area (Å²) in [5, 5.41) is 11.0. The standard InChI is InChI=1S/C20H21N5O2S/c1-13(2)22-20(27)25-16-7-5-15(6-8-16)23-18(26)10-17-12-28-19(24-17)14-4-3-9-21-11-14/h3-9,11-13H,10H2,1-2H3,(H,23,26)(H2,22,25,27). The van der Waals surface area contributed by atoms with Gasteiger partial charge in [0, 0.05) is 40.8 Å². The smallest absolute Gasteiger partial charge is 0.319 e. The first-order valence-corrected chi connectivity index (χ1v) is 9.70. The molecule has 3 aromatic rings. The second-order valence-corrected chi connectivity index (χ2v) is 7.30. The van der Waals surface area contributed by atoms with Gasteiger partial charge in [-0.2, -0.15) is 0 Å². The van der Waals surface area contributed by atoms with E-state index in [1.807, 2.05) is 31.4 Å². The molecule has 1 aromatic carbocycles. The molecule has 3 amide bonds. The Morgan fingerprint density at radius 3 is 2.43 bits per heavy atom. The van der Waals surface area contributed by atoms with E-state index in [-0.39, 0.29) is 24.4 Å². The molecule has 0 fully saturated rings. The third-order valence-corrected chi connectivity index (χ3v) is 4.59. The van der Waals surface area contributed by atoms with Gasteiger partial charge in [0.05, 0.1) is 12.1 Å². The molecule has 0 bridgehead atoms. The number of carbonyl (C=O) groups is 2. The lowest BCUT2D eigenvalue weighted by atomic mass is 10.2. The molecule has 7 nitrogen and oxygen atoms in total. The van der Waals surface area contributed by atoms with Gasteiger partial charge >= 0.3 is 6.03 Å². The first-order valence-electron chi connectivity index (χ1n) is 8.82. The lowest BCUT2D eigenvalue weighted by molar-refractivity contribution is -0.115. The number of hydrogen-bond donors (Lipinski definition) is 3. The van der Waals surface area contributed by atoms with Crippen molar-refractivity contribution < 1.29 is 9.59 Å². The largest absolute Gasteiger partial charge is 0.336 e. The monoisotopic (exact) mass is 395 g/mol. The van der Waals surface area contributed by atoms with Crippen molar-refractivity contribution in [2.75, 3.05) is 10.6 Å². The molecule has 0 saturated heterocycles. The van der Waals surface area contributed by atoms with E-state index in [2.05, 4.69) is 25.9 Å². The molecular formula is C20H21N5O2S. The van der Waals surface area contributed by atoms with Crippen molar-refractivity contribution >= 4 is 34.6 Å². The molecule has 0 spiro atoms. The van der Waals surface area contributed by atoms with Crippen molar-refractivity contribution in [1.29, 1.82) is 0 Å². The molecule has 3 N–H and O–H groups in total. The minimum atomic E-state index is -0.264. The molecule has 0 aliphatic carbocycles. The molecule has 2 aromatic heterocycles. The van der Waals surface area contributed by atoms with E-state index in [1.165, 1.54) is 11.3 Å². The van der Waals surface area contributed by atoms with E-state index in [0.29, 0.717) is 17.1 Å². The van der Waals surface area contributed by atoms with Crippen LogP contribution < -0.4 is 16.0 Å². The number of carbonyl (C=O) groups excluding carboxylic acids is 2. The van der Waals surface area contributed by atoms with E-state index in [1.54, 1.807) is 36.7 Å². The van der Waals surface area contributed by atoms with Gasteiger partial charge in [0.25, 0.3) is 0 Å². The van der Waals surface area contributed by atoms with E-state index in [4.69, 9.17) is 0 Å². The van der Waals surface area contributed by atoms with Crippen molar-refractivity contribution in [2.24, 2.45) is 0 Å². The molecule has 144 valence electrons. The fraction of sp³-hybridized carbons (Fsp3) is 0.200. The third-order valence-electron chi connectivity index (χ3n) is 3.65. The Bertz CT molecular complexity index is 939. The van der Waals surface area contributed by atoms with Crippen molar-refractivity contribution in [2.45, 2.75) is 26.3 Å². The Kier molecular flexibility index (Phi) is 6.33. The summed E-state index contributed by atoms with van der Waals surface area (Å²) in [5.74, 6) is -0.152. The number of rotatable bonds is 6. The van der Waals surface area contributed by atoms with Gasteiger partial charge in [-0.1, -0.05) is 0 Å². The number of nitrogens with zero attached hydrogens (tertiary/aromatic N) is 2. The maximum absolute atomic E-state index is 12.3. The molecule has 0 radical (unpaired) electrons. The molecule has 2 heterocycles. The van der Waals surface area contributed by atoms with Gasteiger partial charge in [0.15, 0.2) is 0 Å². The molecule has 0 atom stereocenters. The van der Waals surface area contributed by atoms with Crippen LogP contribution in [-0.2, 0) is 11.2 Å². The first-order chi connectivity index (χ1) is 13.5. The Balaban J connectivity index is 1.54. The minimum absolute atomic E-state index is 0.0583. The van der Waals surface area contributed by atoms with E-state index in [9.17, 15) is 9.59 Å². The Morgan fingerprint density at radius 1 is 1.07 bits per heavy atom. The van der Waals surface area contributed by atoms with Gasteiger partial charge in [0.2, 0.25) is 5.91 Å². The van der Waals surface area contributed by atoms with Gasteiger partial charge in [-0.15, -0.1) is 11.3 Å². The SMILES string of the molecule is CC(C)NC(=O)Nc1ccc(NC(=O)Cc2csc(-c3cccnc3)n2)cc1. The number of amides is 3. The van der Waals surface area contributed by atoms with Gasteiger partial charge < -0.3 is 16.0 Å². The highest BCUT2D eigenvalue weighted by atomic mass is 32.1. The summed E-state index contributed by atoms with van der Waals surface area (Å²) in [7, 11) is 0. The molecule has 0 saturated carbocycles. The molecule has 3 rings (SSSR count). The molecule has 8 heteroatoms. The summed E-state index contributed by atoms with van der Waals surface area (Å²) in [5.41, 5.74) is 2.95. The van der Waals surface area contributed by atoms with Gasteiger partial charge in [-0.05, 0) is 50.2 Å². The van der Waals surface area contributed by atoms with E-state index >= 15 is 0 Å². The number of benzene rings is 1. The molecule has 0 aliphatic rings. The summed E-state index contributed by atoms with van der Waals surface area (Å²) < 4.78 is 0. The van der Waals surface area contributed by atoms with Crippen molar-refractivity contribution in [3.05, 3.63) is 59.9 Å². The third kappa shape index (κ3) is 5.62. The normalized spacial score (nSPS) is 10.5. The minimum Gasteiger partial charge on any atom is -0.336 e. The molecular weight excluding hydrogens is 374 g/mol.